The zero-order valence-corrected chi connectivity index (χ0v) is 13.3. The van der Waals surface area contributed by atoms with E-state index in [9.17, 15) is 4.79 Å². The average Bonchev–Trinajstić information content (AvgIpc) is 2.46. The van der Waals surface area contributed by atoms with Crippen molar-refractivity contribution in [1.29, 1.82) is 0 Å². The Hall–Kier alpha value is -1.75. The van der Waals surface area contributed by atoms with E-state index in [0.29, 0.717) is 42.7 Å². The lowest BCUT2D eigenvalue weighted by Gasteiger charge is -2.13. The van der Waals surface area contributed by atoms with E-state index in [1.54, 1.807) is 32.4 Å². The Kier molecular flexibility index (Phi) is 7.61. The highest BCUT2D eigenvalue weighted by Crippen LogP contribution is 2.30. The predicted molar refractivity (Wildman–Crippen MR) is 83.1 cm³/mol. The number of hydrogen-bond acceptors (Lipinski definition) is 4. The molecule has 0 unspecified atom stereocenters. The summed E-state index contributed by atoms with van der Waals surface area (Å²) in [4.78, 5) is 11.8. The standard InChI is InChI=1S/C16H25NO4/c1-12(2)5-8-16(18)17-13-6-7-14(20-4)15(11-13)21-10-9-19-3/h6-7,11-12H,5,8-10H2,1-4H3,(H,17,18). The first-order valence-electron chi connectivity index (χ1n) is 7.16. The van der Waals surface area contributed by atoms with Gasteiger partial charge in [0.1, 0.15) is 6.61 Å². The summed E-state index contributed by atoms with van der Waals surface area (Å²) in [7, 11) is 3.20. The van der Waals surface area contributed by atoms with Crippen LogP contribution in [0.3, 0.4) is 0 Å². The van der Waals surface area contributed by atoms with Gasteiger partial charge in [0.25, 0.3) is 0 Å². The second-order valence-corrected chi connectivity index (χ2v) is 5.19. The number of nitrogens with one attached hydrogen (secondary N) is 1. The Bertz CT molecular complexity index is 446. The molecule has 0 aliphatic carbocycles. The van der Waals surface area contributed by atoms with Crippen molar-refractivity contribution in [2.75, 3.05) is 32.8 Å². The average molecular weight is 295 g/mol. The number of methoxy groups -OCH3 is 2. The molecule has 118 valence electrons. The Morgan fingerprint density at radius 1 is 1.19 bits per heavy atom. The zero-order chi connectivity index (χ0) is 15.7. The first-order chi connectivity index (χ1) is 10.1. The predicted octanol–water partition coefficient (Wildman–Crippen LogP) is 3.10. The summed E-state index contributed by atoms with van der Waals surface area (Å²) in [6, 6.07) is 5.34. The van der Waals surface area contributed by atoms with Crippen molar-refractivity contribution in [2.24, 2.45) is 5.92 Å². The number of carbonyl (C=O) groups excluding carboxylic acids is 1. The molecule has 0 saturated heterocycles. The maximum Gasteiger partial charge on any atom is 0.224 e. The monoisotopic (exact) mass is 295 g/mol. The van der Waals surface area contributed by atoms with E-state index in [1.807, 2.05) is 0 Å². The Labute approximate surface area is 126 Å². The third kappa shape index (κ3) is 6.49. The molecule has 0 atom stereocenters. The van der Waals surface area contributed by atoms with E-state index in [4.69, 9.17) is 14.2 Å². The van der Waals surface area contributed by atoms with E-state index >= 15 is 0 Å². The number of hydrogen-bond donors (Lipinski definition) is 1. The van der Waals surface area contributed by atoms with Crippen LogP contribution >= 0.6 is 0 Å². The molecular weight excluding hydrogens is 270 g/mol. The molecular formula is C16H25NO4. The number of benzene rings is 1. The molecule has 0 radical (unpaired) electrons. The minimum absolute atomic E-state index is 0.0108. The minimum Gasteiger partial charge on any atom is -0.493 e. The second-order valence-electron chi connectivity index (χ2n) is 5.19. The van der Waals surface area contributed by atoms with Gasteiger partial charge in [0.2, 0.25) is 5.91 Å². The van der Waals surface area contributed by atoms with Crippen LogP contribution in [0.25, 0.3) is 0 Å². The van der Waals surface area contributed by atoms with Gasteiger partial charge in [0.05, 0.1) is 13.7 Å². The van der Waals surface area contributed by atoms with Gasteiger partial charge in [-0.2, -0.15) is 0 Å². The van der Waals surface area contributed by atoms with Crippen LogP contribution in [0.4, 0.5) is 5.69 Å². The molecule has 1 aromatic rings. The van der Waals surface area contributed by atoms with Gasteiger partial charge in [-0.3, -0.25) is 4.79 Å². The fourth-order valence-corrected chi connectivity index (χ4v) is 1.75. The number of carbonyl (C=O) groups is 1. The lowest BCUT2D eigenvalue weighted by Crippen LogP contribution is -2.12. The van der Waals surface area contributed by atoms with E-state index < -0.39 is 0 Å². The summed E-state index contributed by atoms with van der Waals surface area (Å²) in [5.41, 5.74) is 0.706. The summed E-state index contributed by atoms with van der Waals surface area (Å²) >= 11 is 0. The quantitative estimate of drug-likeness (QED) is 0.711. The van der Waals surface area contributed by atoms with Crippen LogP contribution in [-0.2, 0) is 9.53 Å². The van der Waals surface area contributed by atoms with Crippen molar-refractivity contribution in [3.05, 3.63) is 18.2 Å². The third-order valence-corrected chi connectivity index (χ3v) is 2.94. The van der Waals surface area contributed by atoms with Crippen molar-refractivity contribution in [1.82, 2.24) is 0 Å². The normalized spacial score (nSPS) is 10.5. The molecule has 0 heterocycles. The molecule has 0 aliphatic rings. The highest BCUT2D eigenvalue weighted by atomic mass is 16.5. The van der Waals surface area contributed by atoms with Gasteiger partial charge in [0, 0.05) is 25.3 Å². The Morgan fingerprint density at radius 2 is 1.95 bits per heavy atom. The minimum atomic E-state index is 0.0108. The first-order valence-corrected chi connectivity index (χ1v) is 7.16. The van der Waals surface area contributed by atoms with Gasteiger partial charge in [0.15, 0.2) is 11.5 Å². The second kappa shape index (κ2) is 9.23. The first kappa shape index (κ1) is 17.3. The van der Waals surface area contributed by atoms with E-state index in [0.717, 1.165) is 6.42 Å². The molecule has 0 fully saturated rings. The number of anilines is 1. The van der Waals surface area contributed by atoms with Gasteiger partial charge in [-0.15, -0.1) is 0 Å². The molecule has 1 rings (SSSR count). The zero-order valence-electron chi connectivity index (χ0n) is 13.3. The molecule has 0 spiro atoms. The summed E-state index contributed by atoms with van der Waals surface area (Å²) in [5, 5.41) is 2.87. The van der Waals surface area contributed by atoms with Crippen LogP contribution in [0.15, 0.2) is 18.2 Å². The van der Waals surface area contributed by atoms with Gasteiger partial charge in [-0.05, 0) is 24.5 Å². The van der Waals surface area contributed by atoms with Crippen LogP contribution < -0.4 is 14.8 Å². The summed E-state index contributed by atoms with van der Waals surface area (Å²) < 4.78 is 15.8. The molecule has 1 N–H and O–H groups in total. The van der Waals surface area contributed by atoms with E-state index in [1.165, 1.54) is 0 Å². The lowest BCUT2D eigenvalue weighted by molar-refractivity contribution is -0.116. The fraction of sp³-hybridized carbons (Fsp3) is 0.562. The SMILES string of the molecule is COCCOc1cc(NC(=O)CCC(C)C)ccc1OC. The van der Waals surface area contributed by atoms with E-state index in [2.05, 4.69) is 19.2 Å². The van der Waals surface area contributed by atoms with Crippen LogP contribution in [-0.4, -0.2) is 33.3 Å². The van der Waals surface area contributed by atoms with Crippen molar-refractivity contribution in [3.8, 4) is 11.5 Å². The van der Waals surface area contributed by atoms with Crippen molar-refractivity contribution in [2.45, 2.75) is 26.7 Å². The van der Waals surface area contributed by atoms with Gasteiger partial charge < -0.3 is 19.5 Å². The Balaban J connectivity index is 2.66. The highest BCUT2D eigenvalue weighted by molar-refractivity contribution is 5.91. The molecule has 21 heavy (non-hydrogen) atoms. The maximum atomic E-state index is 11.8. The lowest BCUT2D eigenvalue weighted by atomic mass is 10.1. The Morgan fingerprint density at radius 3 is 2.57 bits per heavy atom. The molecule has 0 saturated carbocycles. The summed E-state index contributed by atoms with van der Waals surface area (Å²) in [5.74, 6) is 1.75. The largest absolute Gasteiger partial charge is 0.493 e. The van der Waals surface area contributed by atoms with E-state index in [-0.39, 0.29) is 5.91 Å². The van der Waals surface area contributed by atoms with Crippen molar-refractivity contribution in [3.63, 3.8) is 0 Å². The van der Waals surface area contributed by atoms with Gasteiger partial charge in [-0.1, -0.05) is 13.8 Å². The van der Waals surface area contributed by atoms with Crippen LogP contribution in [0, 0.1) is 5.92 Å². The number of amides is 1. The molecule has 5 heteroatoms. The van der Waals surface area contributed by atoms with Crippen LogP contribution in [0.2, 0.25) is 0 Å². The molecule has 0 aromatic heterocycles. The smallest absolute Gasteiger partial charge is 0.224 e. The number of ether oxygens (including phenoxy) is 3. The summed E-state index contributed by atoms with van der Waals surface area (Å²) in [6.45, 7) is 5.12. The molecule has 0 aliphatic heterocycles. The topological polar surface area (TPSA) is 56.8 Å². The van der Waals surface area contributed by atoms with Gasteiger partial charge in [-0.25, -0.2) is 0 Å². The summed E-state index contributed by atoms with van der Waals surface area (Å²) in [6.07, 6.45) is 1.39. The third-order valence-electron chi connectivity index (χ3n) is 2.94. The van der Waals surface area contributed by atoms with Crippen molar-refractivity contribution >= 4 is 11.6 Å². The maximum absolute atomic E-state index is 11.8. The highest BCUT2D eigenvalue weighted by Gasteiger charge is 2.09. The van der Waals surface area contributed by atoms with Crippen LogP contribution in [0.1, 0.15) is 26.7 Å². The van der Waals surface area contributed by atoms with Crippen LogP contribution in [0.5, 0.6) is 11.5 Å². The fourth-order valence-electron chi connectivity index (χ4n) is 1.75. The molecule has 1 aromatic carbocycles. The molecule has 0 bridgehead atoms. The van der Waals surface area contributed by atoms with Gasteiger partial charge >= 0.3 is 0 Å². The molecule has 5 nitrogen and oxygen atoms in total. The van der Waals surface area contributed by atoms with Crippen molar-refractivity contribution < 1.29 is 19.0 Å². The molecule has 1 amide bonds. The number of rotatable bonds is 9.